The number of nitrogens with one attached hydrogen (secondary N) is 1. The first-order chi connectivity index (χ1) is 11.5. The summed E-state index contributed by atoms with van der Waals surface area (Å²) in [6.45, 7) is 3.01. The van der Waals surface area contributed by atoms with Crippen molar-refractivity contribution in [2.75, 3.05) is 17.9 Å². The van der Waals surface area contributed by atoms with Gasteiger partial charge < -0.3 is 9.47 Å². The molecule has 0 saturated carbocycles. The van der Waals surface area contributed by atoms with Crippen molar-refractivity contribution < 1.29 is 17.9 Å². The van der Waals surface area contributed by atoms with Crippen LogP contribution in [-0.2, 0) is 16.4 Å². The van der Waals surface area contributed by atoms with Gasteiger partial charge in [-0.25, -0.2) is 8.42 Å². The lowest BCUT2D eigenvalue weighted by Gasteiger charge is -2.20. The van der Waals surface area contributed by atoms with Crippen molar-refractivity contribution in [3.05, 3.63) is 46.4 Å². The normalized spacial score (nSPS) is 13.6. The SMILES string of the molecule is CCCc1ccc(S(=O)(=O)Nc2cc3c(cc2Br)OCCO3)cc1. The zero-order valence-corrected chi connectivity index (χ0v) is 15.6. The molecule has 1 heterocycles. The second-order valence-electron chi connectivity index (χ2n) is 5.48. The second kappa shape index (κ2) is 7.03. The lowest BCUT2D eigenvalue weighted by Crippen LogP contribution is -2.17. The van der Waals surface area contributed by atoms with Crippen LogP contribution in [0.15, 0.2) is 45.8 Å². The molecule has 0 saturated heterocycles. The Morgan fingerprint density at radius 3 is 2.33 bits per heavy atom. The molecule has 0 spiro atoms. The van der Waals surface area contributed by atoms with Gasteiger partial charge in [0.1, 0.15) is 13.2 Å². The van der Waals surface area contributed by atoms with Gasteiger partial charge in [-0.1, -0.05) is 25.5 Å². The van der Waals surface area contributed by atoms with Crippen LogP contribution in [0.5, 0.6) is 11.5 Å². The molecule has 2 aromatic carbocycles. The van der Waals surface area contributed by atoms with Gasteiger partial charge in [0.15, 0.2) is 11.5 Å². The van der Waals surface area contributed by atoms with Crippen molar-refractivity contribution in [1.82, 2.24) is 0 Å². The Morgan fingerprint density at radius 2 is 1.71 bits per heavy atom. The molecule has 128 valence electrons. The van der Waals surface area contributed by atoms with E-state index in [4.69, 9.17) is 9.47 Å². The van der Waals surface area contributed by atoms with Crippen LogP contribution in [0.1, 0.15) is 18.9 Å². The highest BCUT2D eigenvalue weighted by Gasteiger charge is 2.19. The zero-order chi connectivity index (χ0) is 17.2. The van der Waals surface area contributed by atoms with E-state index in [0.717, 1.165) is 18.4 Å². The zero-order valence-electron chi connectivity index (χ0n) is 13.2. The van der Waals surface area contributed by atoms with E-state index in [1.54, 1.807) is 24.3 Å². The molecule has 24 heavy (non-hydrogen) atoms. The molecule has 0 amide bonds. The molecular weight excluding hydrogens is 394 g/mol. The molecule has 7 heteroatoms. The fourth-order valence-corrected chi connectivity index (χ4v) is 4.09. The van der Waals surface area contributed by atoms with Crippen molar-refractivity contribution in [3.63, 3.8) is 0 Å². The molecule has 0 radical (unpaired) electrons. The summed E-state index contributed by atoms with van der Waals surface area (Å²) in [4.78, 5) is 0.226. The lowest BCUT2D eigenvalue weighted by molar-refractivity contribution is 0.171. The fraction of sp³-hybridized carbons (Fsp3) is 0.294. The van der Waals surface area contributed by atoms with Gasteiger partial charge in [-0.05, 0) is 40.0 Å². The van der Waals surface area contributed by atoms with Crippen LogP contribution in [0.2, 0.25) is 0 Å². The highest BCUT2D eigenvalue weighted by molar-refractivity contribution is 9.10. The van der Waals surface area contributed by atoms with E-state index < -0.39 is 10.0 Å². The molecule has 5 nitrogen and oxygen atoms in total. The smallest absolute Gasteiger partial charge is 0.261 e. The third-order valence-electron chi connectivity index (χ3n) is 3.65. The number of halogens is 1. The first-order valence-corrected chi connectivity index (χ1v) is 9.98. The number of ether oxygens (including phenoxy) is 2. The Labute approximate surface area is 150 Å². The minimum atomic E-state index is -3.67. The Kier molecular flexibility index (Phi) is 5.01. The van der Waals surface area contributed by atoms with Crippen LogP contribution < -0.4 is 14.2 Å². The molecule has 0 aliphatic carbocycles. The summed E-state index contributed by atoms with van der Waals surface area (Å²) < 4.78 is 39.3. The van der Waals surface area contributed by atoms with Crippen LogP contribution in [0.4, 0.5) is 5.69 Å². The molecule has 0 aromatic heterocycles. The number of rotatable bonds is 5. The van der Waals surface area contributed by atoms with Gasteiger partial charge in [-0.2, -0.15) is 0 Å². The monoisotopic (exact) mass is 411 g/mol. The molecular formula is C17H18BrNO4S. The number of hydrogen-bond donors (Lipinski definition) is 1. The van der Waals surface area contributed by atoms with Gasteiger partial charge in [-0.15, -0.1) is 0 Å². The third-order valence-corrected chi connectivity index (χ3v) is 5.69. The van der Waals surface area contributed by atoms with Crippen molar-refractivity contribution in [3.8, 4) is 11.5 Å². The van der Waals surface area contributed by atoms with Crippen molar-refractivity contribution in [2.24, 2.45) is 0 Å². The van der Waals surface area contributed by atoms with Gasteiger partial charge in [0, 0.05) is 16.6 Å². The molecule has 1 aliphatic rings. The summed E-state index contributed by atoms with van der Waals surface area (Å²) in [6.07, 6.45) is 1.95. The number of aryl methyl sites for hydroxylation is 1. The lowest BCUT2D eigenvalue weighted by atomic mass is 10.1. The molecule has 0 fully saturated rings. The average Bonchev–Trinajstić information content (AvgIpc) is 2.56. The van der Waals surface area contributed by atoms with E-state index in [1.165, 1.54) is 0 Å². The minimum Gasteiger partial charge on any atom is -0.486 e. The van der Waals surface area contributed by atoms with E-state index in [2.05, 4.69) is 27.6 Å². The van der Waals surface area contributed by atoms with Gasteiger partial charge >= 0.3 is 0 Å². The molecule has 0 bridgehead atoms. The Balaban J connectivity index is 1.86. The Morgan fingerprint density at radius 1 is 1.08 bits per heavy atom. The fourth-order valence-electron chi connectivity index (χ4n) is 2.47. The summed E-state index contributed by atoms with van der Waals surface area (Å²) in [5.74, 6) is 1.13. The Bertz CT molecular complexity index is 834. The maximum absolute atomic E-state index is 12.6. The molecule has 3 rings (SSSR count). The molecule has 2 aromatic rings. The minimum absolute atomic E-state index is 0.226. The average molecular weight is 412 g/mol. The van der Waals surface area contributed by atoms with Crippen molar-refractivity contribution >= 4 is 31.6 Å². The number of anilines is 1. The number of hydrogen-bond acceptors (Lipinski definition) is 4. The van der Waals surface area contributed by atoms with E-state index in [1.807, 2.05) is 12.1 Å². The van der Waals surface area contributed by atoms with E-state index in [0.29, 0.717) is 34.9 Å². The van der Waals surface area contributed by atoms with Gasteiger partial charge in [-0.3, -0.25) is 4.72 Å². The number of sulfonamides is 1. The maximum Gasteiger partial charge on any atom is 0.261 e. The van der Waals surface area contributed by atoms with Crippen LogP contribution in [0.25, 0.3) is 0 Å². The van der Waals surface area contributed by atoms with E-state index >= 15 is 0 Å². The molecule has 0 unspecified atom stereocenters. The predicted molar refractivity (Wildman–Crippen MR) is 96.4 cm³/mol. The van der Waals surface area contributed by atoms with Crippen LogP contribution in [0, 0.1) is 0 Å². The van der Waals surface area contributed by atoms with Gasteiger partial charge in [0.05, 0.1) is 10.6 Å². The predicted octanol–water partition coefficient (Wildman–Crippen LogP) is 3.97. The quantitative estimate of drug-likeness (QED) is 0.807. The standard InChI is InChI=1S/C17H18BrNO4S/c1-2-3-12-4-6-13(7-5-12)24(20,21)19-15-11-17-16(10-14(15)18)22-8-9-23-17/h4-7,10-11,19H,2-3,8-9H2,1H3. The maximum atomic E-state index is 12.6. The van der Waals surface area contributed by atoms with Crippen molar-refractivity contribution in [2.45, 2.75) is 24.7 Å². The highest BCUT2D eigenvalue weighted by Crippen LogP contribution is 2.38. The summed E-state index contributed by atoms with van der Waals surface area (Å²) in [5, 5.41) is 0. The Hall–Kier alpha value is -1.73. The summed E-state index contributed by atoms with van der Waals surface area (Å²) in [5.41, 5.74) is 1.54. The van der Waals surface area contributed by atoms with Crippen LogP contribution in [0.3, 0.4) is 0 Å². The molecule has 1 aliphatic heterocycles. The number of fused-ring (bicyclic) bond motifs is 1. The number of benzene rings is 2. The second-order valence-corrected chi connectivity index (χ2v) is 8.01. The summed E-state index contributed by atoms with van der Waals surface area (Å²) in [6, 6.07) is 10.3. The largest absolute Gasteiger partial charge is 0.486 e. The first kappa shape index (κ1) is 17.1. The van der Waals surface area contributed by atoms with E-state index in [-0.39, 0.29) is 4.90 Å². The highest BCUT2D eigenvalue weighted by atomic mass is 79.9. The van der Waals surface area contributed by atoms with Gasteiger partial charge in [0.2, 0.25) is 0 Å². The topological polar surface area (TPSA) is 64.6 Å². The van der Waals surface area contributed by atoms with Gasteiger partial charge in [0.25, 0.3) is 10.0 Å². The molecule has 1 N–H and O–H groups in total. The van der Waals surface area contributed by atoms with Crippen LogP contribution in [-0.4, -0.2) is 21.6 Å². The van der Waals surface area contributed by atoms with Crippen molar-refractivity contribution in [1.29, 1.82) is 0 Å². The van der Waals surface area contributed by atoms with E-state index in [9.17, 15) is 8.42 Å². The third kappa shape index (κ3) is 3.67. The first-order valence-electron chi connectivity index (χ1n) is 7.70. The summed E-state index contributed by atoms with van der Waals surface area (Å²) >= 11 is 3.37. The summed E-state index contributed by atoms with van der Waals surface area (Å²) in [7, 11) is -3.67. The molecule has 0 atom stereocenters. The van der Waals surface area contributed by atoms with Crippen LogP contribution >= 0.6 is 15.9 Å².